The third-order valence-electron chi connectivity index (χ3n) is 4.64. The number of rotatable bonds is 4. The highest BCUT2D eigenvalue weighted by Crippen LogP contribution is 2.40. The summed E-state index contributed by atoms with van der Waals surface area (Å²) in [7, 11) is 0. The van der Waals surface area contributed by atoms with E-state index in [-0.39, 0.29) is 23.7 Å². The van der Waals surface area contributed by atoms with Crippen LogP contribution in [0.4, 0.5) is 11.4 Å². The van der Waals surface area contributed by atoms with Crippen molar-refractivity contribution in [2.45, 2.75) is 13.3 Å². The van der Waals surface area contributed by atoms with Crippen LogP contribution in [-0.2, 0) is 9.59 Å². The Hall–Kier alpha value is -3.21. The van der Waals surface area contributed by atoms with Crippen LogP contribution in [0.15, 0.2) is 60.8 Å². The molecular weight excluding hydrogens is 326 g/mol. The van der Waals surface area contributed by atoms with Gasteiger partial charge in [0.1, 0.15) is 0 Å². The number of anilines is 2. The Morgan fingerprint density at radius 2 is 1.69 bits per heavy atom. The second-order valence-corrected chi connectivity index (χ2v) is 6.68. The number of pyridine rings is 1. The van der Waals surface area contributed by atoms with Crippen LogP contribution in [0, 0.1) is 18.8 Å². The molecule has 1 aliphatic carbocycles. The second kappa shape index (κ2) is 6.59. The van der Waals surface area contributed by atoms with Crippen molar-refractivity contribution >= 4 is 34.1 Å². The van der Waals surface area contributed by atoms with Crippen molar-refractivity contribution in [2.24, 2.45) is 11.8 Å². The number of aromatic nitrogens is 1. The molecule has 5 heteroatoms. The largest absolute Gasteiger partial charge is 0.326 e. The number of carbonyl (C=O) groups excluding carboxylic acids is 2. The number of hydrogen-bond acceptors (Lipinski definition) is 3. The Kier molecular flexibility index (Phi) is 4.13. The molecule has 0 bridgehead atoms. The van der Waals surface area contributed by atoms with Gasteiger partial charge in [-0.2, -0.15) is 0 Å². The molecule has 2 amide bonds. The zero-order valence-corrected chi connectivity index (χ0v) is 14.4. The first-order valence-corrected chi connectivity index (χ1v) is 8.64. The van der Waals surface area contributed by atoms with Gasteiger partial charge in [-0.1, -0.05) is 30.3 Å². The maximum atomic E-state index is 12.5. The van der Waals surface area contributed by atoms with Crippen LogP contribution < -0.4 is 10.6 Å². The van der Waals surface area contributed by atoms with Crippen LogP contribution in [0.5, 0.6) is 0 Å². The monoisotopic (exact) mass is 345 g/mol. The Bertz CT molecular complexity index is 994. The first kappa shape index (κ1) is 16.3. The van der Waals surface area contributed by atoms with Gasteiger partial charge in [0.25, 0.3) is 0 Å². The molecule has 0 aliphatic heterocycles. The van der Waals surface area contributed by atoms with Gasteiger partial charge in [0.2, 0.25) is 11.8 Å². The van der Waals surface area contributed by atoms with E-state index in [2.05, 4.69) is 15.6 Å². The molecule has 2 atom stereocenters. The zero-order valence-electron chi connectivity index (χ0n) is 14.4. The number of para-hydroxylation sites is 1. The molecule has 2 N–H and O–H groups in total. The minimum atomic E-state index is -0.293. The number of carbonyl (C=O) groups is 2. The van der Waals surface area contributed by atoms with Crippen molar-refractivity contribution in [3.63, 3.8) is 0 Å². The van der Waals surface area contributed by atoms with E-state index in [1.165, 1.54) is 0 Å². The Morgan fingerprint density at radius 3 is 2.50 bits per heavy atom. The summed E-state index contributed by atoms with van der Waals surface area (Å²) in [5.41, 5.74) is 3.28. The van der Waals surface area contributed by atoms with Crippen molar-refractivity contribution in [3.05, 3.63) is 66.4 Å². The molecular formula is C21H19N3O2. The average molecular weight is 345 g/mol. The van der Waals surface area contributed by atoms with Gasteiger partial charge in [-0.05, 0) is 43.2 Å². The zero-order chi connectivity index (χ0) is 18.1. The molecule has 1 aromatic heterocycles. The Morgan fingerprint density at radius 1 is 0.962 bits per heavy atom. The molecule has 0 spiro atoms. The summed E-state index contributed by atoms with van der Waals surface area (Å²) >= 11 is 0. The third-order valence-corrected chi connectivity index (χ3v) is 4.64. The molecule has 0 saturated heterocycles. The predicted molar refractivity (Wildman–Crippen MR) is 102 cm³/mol. The van der Waals surface area contributed by atoms with Crippen LogP contribution in [0.2, 0.25) is 0 Å². The number of benzene rings is 2. The normalized spacial score (nSPS) is 18.3. The highest BCUT2D eigenvalue weighted by molar-refractivity contribution is 6.06. The summed E-state index contributed by atoms with van der Waals surface area (Å²) in [4.78, 5) is 29.2. The van der Waals surface area contributed by atoms with E-state index in [0.29, 0.717) is 12.1 Å². The summed E-state index contributed by atoms with van der Waals surface area (Å²) in [6.45, 7) is 1.97. The van der Waals surface area contributed by atoms with Crippen LogP contribution in [0.1, 0.15) is 12.0 Å². The van der Waals surface area contributed by atoms with E-state index < -0.39 is 0 Å². The standard InChI is InChI=1S/C21H19N3O2/c1-13-5-2-8-15(11-13)23-20(25)16-12-17(16)21(26)24-18-9-3-6-14-7-4-10-22-19(14)18/h2-11,16-17H,12H2,1H3,(H,23,25)(H,24,26). The van der Waals surface area contributed by atoms with Crippen LogP contribution >= 0.6 is 0 Å². The fraction of sp³-hybridized carbons (Fsp3) is 0.190. The molecule has 2 aromatic carbocycles. The fourth-order valence-electron chi connectivity index (χ4n) is 3.16. The molecule has 3 aromatic rings. The lowest BCUT2D eigenvalue weighted by Gasteiger charge is -2.08. The summed E-state index contributed by atoms with van der Waals surface area (Å²) in [6.07, 6.45) is 2.27. The number of nitrogens with one attached hydrogen (secondary N) is 2. The highest BCUT2D eigenvalue weighted by atomic mass is 16.2. The first-order chi connectivity index (χ1) is 12.6. The molecule has 0 radical (unpaired) electrons. The van der Waals surface area contributed by atoms with Gasteiger partial charge < -0.3 is 10.6 Å². The van der Waals surface area contributed by atoms with E-state index in [9.17, 15) is 9.59 Å². The summed E-state index contributed by atoms with van der Waals surface area (Å²) in [5, 5.41) is 6.78. The first-order valence-electron chi connectivity index (χ1n) is 8.64. The van der Waals surface area contributed by atoms with Gasteiger partial charge in [-0.15, -0.1) is 0 Å². The van der Waals surface area contributed by atoms with Crippen LogP contribution in [0.3, 0.4) is 0 Å². The minimum absolute atomic E-state index is 0.105. The molecule has 4 rings (SSSR count). The molecule has 130 valence electrons. The van der Waals surface area contributed by atoms with Gasteiger partial charge in [0.15, 0.2) is 0 Å². The van der Waals surface area contributed by atoms with Crippen LogP contribution in [-0.4, -0.2) is 16.8 Å². The predicted octanol–water partition coefficient (Wildman–Crippen LogP) is 3.76. The molecule has 5 nitrogen and oxygen atoms in total. The number of amides is 2. The van der Waals surface area contributed by atoms with Crippen molar-refractivity contribution in [3.8, 4) is 0 Å². The lowest BCUT2D eigenvalue weighted by atomic mass is 10.2. The number of fused-ring (bicyclic) bond motifs is 1. The molecule has 1 fully saturated rings. The van der Waals surface area contributed by atoms with E-state index in [1.807, 2.05) is 61.5 Å². The van der Waals surface area contributed by atoms with Gasteiger partial charge in [0.05, 0.1) is 23.0 Å². The number of hydrogen-bond donors (Lipinski definition) is 2. The summed E-state index contributed by atoms with van der Waals surface area (Å²) < 4.78 is 0. The molecule has 1 aliphatic rings. The van der Waals surface area contributed by atoms with Crippen LogP contribution in [0.25, 0.3) is 10.9 Å². The maximum absolute atomic E-state index is 12.5. The third kappa shape index (κ3) is 3.28. The van der Waals surface area contributed by atoms with Crippen molar-refractivity contribution < 1.29 is 9.59 Å². The van der Waals surface area contributed by atoms with Gasteiger partial charge in [-0.25, -0.2) is 0 Å². The average Bonchev–Trinajstić information content (AvgIpc) is 3.43. The van der Waals surface area contributed by atoms with E-state index in [0.717, 1.165) is 22.2 Å². The number of aryl methyl sites for hydroxylation is 1. The van der Waals surface area contributed by atoms with E-state index in [4.69, 9.17) is 0 Å². The number of nitrogens with zero attached hydrogens (tertiary/aromatic N) is 1. The van der Waals surface area contributed by atoms with Gasteiger partial charge in [0, 0.05) is 17.3 Å². The lowest BCUT2D eigenvalue weighted by Crippen LogP contribution is -2.20. The highest BCUT2D eigenvalue weighted by Gasteiger charge is 2.48. The fourth-order valence-corrected chi connectivity index (χ4v) is 3.16. The van der Waals surface area contributed by atoms with Crippen molar-refractivity contribution in [1.82, 2.24) is 4.98 Å². The topological polar surface area (TPSA) is 71.1 Å². The van der Waals surface area contributed by atoms with Crippen molar-refractivity contribution in [1.29, 1.82) is 0 Å². The summed E-state index contributed by atoms with van der Waals surface area (Å²) in [5.74, 6) is -0.809. The Balaban J connectivity index is 1.41. The smallest absolute Gasteiger partial charge is 0.228 e. The van der Waals surface area contributed by atoms with Gasteiger partial charge >= 0.3 is 0 Å². The van der Waals surface area contributed by atoms with Gasteiger partial charge in [-0.3, -0.25) is 14.6 Å². The van der Waals surface area contributed by atoms with E-state index >= 15 is 0 Å². The minimum Gasteiger partial charge on any atom is -0.326 e. The lowest BCUT2D eigenvalue weighted by molar-refractivity contribution is -0.122. The van der Waals surface area contributed by atoms with E-state index in [1.54, 1.807) is 6.20 Å². The molecule has 1 heterocycles. The van der Waals surface area contributed by atoms with Crippen molar-refractivity contribution in [2.75, 3.05) is 10.6 Å². The maximum Gasteiger partial charge on any atom is 0.228 e. The Labute approximate surface area is 151 Å². The SMILES string of the molecule is Cc1cccc(NC(=O)C2CC2C(=O)Nc2cccc3cccnc23)c1. The molecule has 26 heavy (non-hydrogen) atoms. The molecule has 1 saturated carbocycles. The second-order valence-electron chi connectivity index (χ2n) is 6.68. The quantitative estimate of drug-likeness (QED) is 0.756. The summed E-state index contributed by atoms with van der Waals surface area (Å²) in [6, 6.07) is 17.1. The molecule has 2 unspecified atom stereocenters.